The molecule has 1 fully saturated rings. The molecule has 1 N–H and O–H groups in total. The van der Waals surface area contributed by atoms with E-state index in [9.17, 15) is 4.79 Å². The van der Waals surface area contributed by atoms with Gasteiger partial charge in [0, 0.05) is 18.1 Å². The normalized spacial score (nSPS) is 15.0. The topological polar surface area (TPSA) is 58.1 Å². The Balaban J connectivity index is 1.45. The van der Waals surface area contributed by atoms with Crippen molar-refractivity contribution in [1.29, 1.82) is 0 Å². The van der Waals surface area contributed by atoms with E-state index in [0.717, 1.165) is 29.7 Å². The highest BCUT2D eigenvalue weighted by atomic mass is 16.1. The number of nitrogens with one attached hydrogen (secondary N) is 1. The number of hydrogen-bond donors (Lipinski definition) is 1. The monoisotopic (exact) mass is 422 g/mol. The molecule has 1 aliphatic rings. The summed E-state index contributed by atoms with van der Waals surface area (Å²) in [7, 11) is 0. The van der Waals surface area contributed by atoms with Crippen LogP contribution in [0.2, 0.25) is 0 Å². The Morgan fingerprint density at radius 3 is 2.44 bits per heavy atom. The van der Waals surface area contributed by atoms with Crippen molar-refractivity contribution in [2.75, 3.05) is 19.6 Å². The average molecular weight is 423 g/mol. The Morgan fingerprint density at radius 1 is 0.906 bits per heavy atom. The average Bonchev–Trinajstić information content (AvgIpc) is 3.39. The molecule has 1 amide bonds. The number of carbonyl (C=O) groups excluding carboxylic acids is 1. The smallest absolute Gasteiger partial charge is 0.252 e. The van der Waals surface area contributed by atoms with E-state index in [0.29, 0.717) is 17.8 Å². The van der Waals surface area contributed by atoms with Crippen molar-refractivity contribution in [3.8, 4) is 11.4 Å². The minimum atomic E-state index is -0.0825. The van der Waals surface area contributed by atoms with Crippen LogP contribution < -0.4 is 5.32 Å². The molecule has 2 aromatic heterocycles. The first-order chi connectivity index (χ1) is 15.8. The van der Waals surface area contributed by atoms with E-state index in [1.165, 1.54) is 18.4 Å². The van der Waals surface area contributed by atoms with Crippen molar-refractivity contribution in [2.45, 2.75) is 18.9 Å². The van der Waals surface area contributed by atoms with Crippen LogP contribution >= 0.6 is 0 Å². The predicted octanol–water partition coefficient (Wildman–Crippen LogP) is 4.86. The second-order valence-electron chi connectivity index (χ2n) is 8.17. The molecule has 160 valence electrons. The van der Waals surface area contributed by atoms with Gasteiger partial charge >= 0.3 is 0 Å². The molecule has 0 unspecified atom stereocenters. The first-order valence-corrected chi connectivity index (χ1v) is 11.2. The Morgan fingerprint density at radius 2 is 1.66 bits per heavy atom. The number of rotatable bonds is 6. The van der Waals surface area contributed by atoms with Crippen molar-refractivity contribution in [1.82, 2.24) is 20.2 Å². The summed E-state index contributed by atoms with van der Waals surface area (Å²) in [6, 6.07) is 26.0. The van der Waals surface area contributed by atoms with E-state index in [2.05, 4.69) is 39.5 Å². The van der Waals surface area contributed by atoms with E-state index in [1.807, 2.05) is 54.6 Å². The van der Waals surface area contributed by atoms with Crippen molar-refractivity contribution in [2.24, 2.45) is 0 Å². The van der Waals surface area contributed by atoms with Crippen molar-refractivity contribution >= 4 is 16.8 Å². The molecule has 5 rings (SSSR count). The molecule has 0 saturated carbocycles. The van der Waals surface area contributed by atoms with Crippen LogP contribution in [0.3, 0.4) is 0 Å². The number of carbonyl (C=O) groups is 1. The Labute approximate surface area is 188 Å². The van der Waals surface area contributed by atoms with Gasteiger partial charge in [-0.25, -0.2) is 4.98 Å². The lowest BCUT2D eigenvalue weighted by Gasteiger charge is -2.28. The molecule has 0 radical (unpaired) electrons. The Hall–Kier alpha value is -3.57. The molecule has 5 nitrogen and oxygen atoms in total. The Kier molecular flexibility index (Phi) is 5.90. The van der Waals surface area contributed by atoms with Crippen LogP contribution in [-0.4, -0.2) is 40.4 Å². The van der Waals surface area contributed by atoms with Gasteiger partial charge in [0.15, 0.2) is 0 Å². The molecule has 3 heterocycles. The molecule has 2 aromatic carbocycles. The maximum atomic E-state index is 13.4. The molecular formula is C27H26N4O. The minimum absolute atomic E-state index is 0.0825. The van der Waals surface area contributed by atoms with Crippen LogP contribution in [-0.2, 0) is 0 Å². The largest absolute Gasteiger partial charge is 0.350 e. The number of likely N-dealkylation sites (tertiary alicyclic amines) is 1. The zero-order valence-electron chi connectivity index (χ0n) is 17.9. The fraction of sp³-hybridized carbons (Fsp3) is 0.222. The number of amides is 1. The first-order valence-electron chi connectivity index (χ1n) is 11.2. The summed E-state index contributed by atoms with van der Waals surface area (Å²) in [5, 5.41) is 4.07. The molecular weight excluding hydrogens is 396 g/mol. The van der Waals surface area contributed by atoms with E-state index in [4.69, 9.17) is 4.98 Å². The third kappa shape index (κ3) is 4.25. The van der Waals surface area contributed by atoms with Gasteiger partial charge in [0.05, 0.1) is 28.5 Å². The van der Waals surface area contributed by atoms with Gasteiger partial charge in [0.25, 0.3) is 5.91 Å². The second kappa shape index (κ2) is 9.28. The van der Waals surface area contributed by atoms with Crippen LogP contribution in [0.1, 0.15) is 34.8 Å². The molecule has 1 atom stereocenters. The third-order valence-electron chi connectivity index (χ3n) is 6.11. The van der Waals surface area contributed by atoms with Gasteiger partial charge in [0.1, 0.15) is 0 Å². The van der Waals surface area contributed by atoms with Crippen molar-refractivity contribution in [3.05, 3.63) is 96.2 Å². The molecule has 0 spiro atoms. The van der Waals surface area contributed by atoms with E-state index >= 15 is 0 Å². The summed E-state index contributed by atoms with van der Waals surface area (Å²) in [6.45, 7) is 2.70. The standard InChI is InChI=1S/C27H26N4O/c32-27(29-19-26(31-16-8-9-17-31)20-10-2-1-3-11-20)22-18-25(24-14-6-7-15-28-24)30-23-13-5-4-12-21(22)23/h1-7,10-15,18,26H,8-9,16-17,19H2,(H,29,32)/t26-/m0/s1. The summed E-state index contributed by atoms with van der Waals surface area (Å²) in [5.74, 6) is -0.0825. The number of hydrogen-bond acceptors (Lipinski definition) is 4. The summed E-state index contributed by atoms with van der Waals surface area (Å²) in [5.41, 5.74) is 4.12. The first kappa shape index (κ1) is 20.3. The maximum Gasteiger partial charge on any atom is 0.252 e. The lowest BCUT2D eigenvalue weighted by atomic mass is 10.0. The van der Waals surface area contributed by atoms with Crippen LogP contribution in [0.5, 0.6) is 0 Å². The molecule has 5 heteroatoms. The van der Waals surface area contributed by atoms with Gasteiger partial charge < -0.3 is 5.32 Å². The highest BCUT2D eigenvalue weighted by Crippen LogP contribution is 2.26. The number of fused-ring (bicyclic) bond motifs is 1. The molecule has 0 aliphatic carbocycles. The van der Waals surface area contributed by atoms with Crippen molar-refractivity contribution < 1.29 is 4.79 Å². The van der Waals surface area contributed by atoms with Gasteiger partial charge in [0.2, 0.25) is 0 Å². The van der Waals surface area contributed by atoms with Gasteiger partial charge in [-0.2, -0.15) is 0 Å². The summed E-state index contributed by atoms with van der Waals surface area (Å²) < 4.78 is 0. The number of aromatic nitrogens is 2. The van der Waals surface area contributed by atoms with Crippen molar-refractivity contribution in [3.63, 3.8) is 0 Å². The summed E-state index contributed by atoms with van der Waals surface area (Å²) in [6.07, 6.45) is 4.16. The quantitative estimate of drug-likeness (QED) is 0.482. The molecule has 32 heavy (non-hydrogen) atoms. The minimum Gasteiger partial charge on any atom is -0.350 e. The SMILES string of the molecule is O=C(NC[C@@H](c1ccccc1)N1CCCC1)c1cc(-c2ccccn2)nc2ccccc12. The Bertz CT molecular complexity index is 1200. The van der Waals surface area contributed by atoms with Crippen LogP contribution in [0.15, 0.2) is 85.1 Å². The second-order valence-corrected chi connectivity index (χ2v) is 8.17. The fourth-order valence-corrected chi connectivity index (χ4v) is 4.48. The van der Waals surface area contributed by atoms with E-state index in [1.54, 1.807) is 6.20 Å². The highest BCUT2D eigenvalue weighted by molar-refractivity contribution is 6.07. The number of para-hydroxylation sites is 1. The fourth-order valence-electron chi connectivity index (χ4n) is 4.48. The lowest BCUT2D eigenvalue weighted by Crippen LogP contribution is -2.36. The molecule has 1 saturated heterocycles. The van der Waals surface area contributed by atoms with Crippen LogP contribution in [0, 0.1) is 0 Å². The number of benzene rings is 2. The summed E-state index contributed by atoms with van der Waals surface area (Å²) in [4.78, 5) is 25.1. The zero-order valence-corrected chi connectivity index (χ0v) is 17.9. The molecule has 0 bridgehead atoms. The van der Waals surface area contributed by atoms with Crippen LogP contribution in [0.25, 0.3) is 22.3 Å². The highest BCUT2D eigenvalue weighted by Gasteiger charge is 2.24. The van der Waals surface area contributed by atoms with Crippen LogP contribution in [0.4, 0.5) is 0 Å². The predicted molar refractivity (Wildman–Crippen MR) is 127 cm³/mol. The zero-order chi connectivity index (χ0) is 21.8. The van der Waals surface area contributed by atoms with Gasteiger partial charge in [-0.3, -0.25) is 14.7 Å². The van der Waals surface area contributed by atoms with Gasteiger partial charge in [-0.15, -0.1) is 0 Å². The van der Waals surface area contributed by atoms with E-state index in [-0.39, 0.29) is 11.9 Å². The number of pyridine rings is 2. The third-order valence-corrected chi connectivity index (χ3v) is 6.11. The van der Waals surface area contributed by atoms with Gasteiger partial charge in [-0.05, 0) is 55.8 Å². The molecule has 1 aliphatic heterocycles. The molecule has 4 aromatic rings. The van der Waals surface area contributed by atoms with Gasteiger partial charge in [-0.1, -0.05) is 54.6 Å². The maximum absolute atomic E-state index is 13.4. The summed E-state index contributed by atoms with van der Waals surface area (Å²) >= 11 is 0. The van der Waals surface area contributed by atoms with E-state index < -0.39 is 0 Å². The lowest BCUT2D eigenvalue weighted by molar-refractivity contribution is 0.0939. The number of nitrogens with zero attached hydrogens (tertiary/aromatic N) is 3.